The summed E-state index contributed by atoms with van der Waals surface area (Å²) < 4.78 is 13.1. The number of hydroxylamine groups is 1. The Morgan fingerprint density at radius 1 is 1.60 bits per heavy atom. The quantitative estimate of drug-likeness (QED) is 0.643. The predicted molar refractivity (Wildman–Crippen MR) is 54.6 cm³/mol. The topological polar surface area (TPSA) is 58.6 Å². The van der Waals surface area contributed by atoms with E-state index in [2.05, 4.69) is 26.2 Å². The smallest absolute Gasteiger partial charge is 0.276 e. The van der Waals surface area contributed by atoms with Gasteiger partial charge in [0.1, 0.15) is 5.82 Å². The summed E-state index contributed by atoms with van der Waals surface area (Å²) in [5.74, 6) is -1.10. The maximum Gasteiger partial charge on any atom is 0.276 e. The fourth-order valence-corrected chi connectivity index (χ4v) is 1.34. The first-order chi connectivity index (χ1) is 7.16. The van der Waals surface area contributed by atoms with Crippen molar-refractivity contribution in [2.75, 3.05) is 13.2 Å². The minimum atomic E-state index is -0.574. The summed E-state index contributed by atoms with van der Waals surface area (Å²) in [6.07, 6.45) is 0. The SMILES string of the molecule is O=C(NOCCO)c1cccc(F)c1Br. The van der Waals surface area contributed by atoms with E-state index in [-0.39, 0.29) is 23.2 Å². The molecule has 0 heterocycles. The molecule has 0 saturated carbocycles. The van der Waals surface area contributed by atoms with E-state index in [1.165, 1.54) is 18.2 Å². The van der Waals surface area contributed by atoms with Crippen LogP contribution in [0.25, 0.3) is 0 Å². The van der Waals surface area contributed by atoms with Crippen LogP contribution in [-0.2, 0) is 4.84 Å². The standard InChI is InChI=1S/C9H9BrFNO3/c10-8-6(2-1-3-7(8)11)9(14)12-15-5-4-13/h1-3,13H,4-5H2,(H,12,14). The third-order valence-corrected chi connectivity index (χ3v) is 2.36. The van der Waals surface area contributed by atoms with E-state index in [9.17, 15) is 9.18 Å². The van der Waals surface area contributed by atoms with Crippen LogP contribution in [0.1, 0.15) is 10.4 Å². The summed E-state index contributed by atoms with van der Waals surface area (Å²) in [6, 6.07) is 4.10. The normalized spacial score (nSPS) is 10.1. The third kappa shape index (κ3) is 3.26. The number of carbonyl (C=O) groups is 1. The Morgan fingerprint density at radius 3 is 3.00 bits per heavy atom. The van der Waals surface area contributed by atoms with Gasteiger partial charge in [-0.3, -0.25) is 9.63 Å². The van der Waals surface area contributed by atoms with Crippen LogP contribution in [0.15, 0.2) is 22.7 Å². The fourth-order valence-electron chi connectivity index (χ4n) is 0.896. The largest absolute Gasteiger partial charge is 0.394 e. The van der Waals surface area contributed by atoms with E-state index in [1.807, 2.05) is 0 Å². The number of benzene rings is 1. The molecule has 0 bridgehead atoms. The van der Waals surface area contributed by atoms with Crippen molar-refractivity contribution in [3.05, 3.63) is 34.1 Å². The van der Waals surface area contributed by atoms with Crippen molar-refractivity contribution in [1.29, 1.82) is 0 Å². The molecule has 0 aliphatic carbocycles. The van der Waals surface area contributed by atoms with Gasteiger partial charge in [0.05, 0.1) is 23.2 Å². The molecule has 1 aromatic rings. The Labute approximate surface area is 94.1 Å². The van der Waals surface area contributed by atoms with Gasteiger partial charge in [-0.1, -0.05) is 6.07 Å². The second-order valence-electron chi connectivity index (χ2n) is 2.60. The van der Waals surface area contributed by atoms with Crippen molar-refractivity contribution in [2.24, 2.45) is 0 Å². The van der Waals surface area contributed by atoms with Crippen LogP contribution in [0.5, 0.6) is 0 Å². The highest BCUT2D eigenvalue weighted by Crippen LogP contribution is 2.19. The van der Waals surface area contributed by atoms with Crippen LogP contribution in [-0.4, -0.2) is 24.2 Å². The number of halogens is 2. The molecule has 0 saturated heterocycles. The molecule has 2 N–H and O–H groups in total. The van der Waals surface area contributed by atoms with Crippen LogP contribution in [0, 0.1) is 5.82 Å². The van der Waals surface area contributed by atoms with E-state index in [4.69, 9.17) is 5.11 Å². The summed E-state index contributed by atoms with van der Waals surface area (Å²) in [4.78, 5) is 16.0. The van der Waals surface area contributed by atoms with Crippen molar-refractivity contribution < 1.29 is 19.1 Å². The molecule has 1 aromatic carbocycles. The fraction of sp³-hybridized carbons (Fsp3) is 0.222. The number of hydrogen-bond donors (Lipinski definition) is 2. The first kappa shape index (κ1) is 12.1. The van der Waals surface area contributed by atoms with Crippen LogP contribution in [0.4, 0.5) is 4.39 Å². The molecule has 82 valence electrons. The highest BCUT2D eigenvalue weighted by Gasteiger charge is 2.12. The lowest BCUT2D eigenvalue weighted by atomic mass is 10.2. The number of hydrogen-bond acceptors (Lipinski definition) is 3. The maximum atomic E-state index is 13.0. The zero-order valence-electron chi connectivity index (χ0n) is 7.67. The Morgan fingerprint density at radius 2 is 2.33 bits per heavy atom. The molecule has 0 aliphatic rings. The highest BCUT2D eigenvalue weighted by molar-refractivity contribution is 9.10. The number of carbonyl (C=O) groups excluding carboxylic acids is 1. The predicted octanol–water partition coefficient (Wildman–Crippen LogP) is 1.24. The first-order valence-electron chi connectivity index (χ1n) is 4.14. The van der Waals surface area contributed by atoms with Crippen LogP contribution in [0.3, 0.4) is 0 Å². The van der Waals surface area contributed by atoms with E-state index >= 15 is 0 Å². The van der Waals surface area contributed by atoms with E-state index < -0.39 is 11.7 Å². The molecular formula is C9H9BrFNO3. The van der Waals surface area contributed by atoms with Crippen molar-refractivity contribution >= 4 is 21.8 Å². The van der Waals surface area contributed by atoms with Gasteiger partial charge in [0.25, 0.3) is 5.91 Å². The van der Waals surface area contributed by atoms with E-state index in [1.54, 1.807) is 0 Å². The van der Waals surface area contributed by atoms with Crippen molar-refractivity contribution in [3.63, 3.8) is 0 Å². The Balaban J connectivity index is 2.69. The van der Waals surface area contributed by atoms with Crippen LogP contribution >= 0.6 is 15.9 Å². The van der Waals surface area contributed by atoms with Gasteiger partial charge in [0.15, 0.2) is 0 Å². The highest BCUT2D eigenvalue weighted by atomic mass is 79.9. The van der Waals surface area contributed by atoms with E-state index in [0.717, 1.165) is 0 Å². The number of aliphatic hydroxyl groups excluding tert-OH is 1. The number of aliphatic hydroxyl groups is 1. The summed E-state index contributed by atoms with van der Waals surface area (Å²) in [5, 5.41) is 8.40. The van der Waals surface area contributed by atoms with Gasteiger partial charge in [-0.05, 0) is 28.1 Å². The summed E-state index contributed by atoms with van der Waals surface area (Å²) in [6.45, 7) is -0.219. The molecular weight excluding hydrogens is 269 g/mol. The van der Waals surface area contributed by atoms with Gasteiger partial charge in [-0.15, -0.1) is 0 Å². The Hall–Kier alpha value is -0.980. The van der Waals surface area contributed by atoms with Crippen LogP contribution < -0.4 is 5.48 Å². The minimum Gasteiger partial charge on any atom is -0.394 e. The molecule has 0 unspecified atom stereocenters. The van der Waals surface area contributed by atoms with Gasteiger partial charge in [0.2, 0.25) is 0 Å². The Bertz CT molecular complexity index is 359. The molecule has 4 nitrogen and oxygen atoms in total. The van der Waals surface area contributed by atoms with Gasteiger partial charge in [-0.25, -0.2) is 9.87 Å². The van der Waals surface area contributed by atoms with Crippen LogP contribution in [0.2, 0.25) is 0 Å². The summed E-state index contributed by atoms with van der Waals surface area (Å²) >= 11 is 2.95. The monoisotopic (exact) mass is 277 g/mol. The molecule has 1 amide bonds. The zero-order valence-corrected chi connectivity index (χ0v) is 9.25. The molecule has 0 aromatic heterocycles. The maximum absolute atomic E-state index is 13.0. The number of nitrogens with one attached hydrogen (secondary N) is 1. The third-order valence-electron chi connectivity index (χ3n) is 1.55. The molecule has 0 atom stereocenters. The van der Waals surface area contributed by atoms with Gasteiger partial charge >= 0.3 is 0 Å². The summed E-state index contributed by atoms with van der Waals surface area (Å²) in [7, 11) is 0. The molecule has 6 heteroatoms. The molecule has 0 spiro atoms. The second kappa shape index (κ2) is 5.79. The van der Waals surface area contributed by atoms with Gasteiger partial charge < -0.3 is 5.11 Å². The number of amides is 1. The lowest BCUT2D eigenvalue weighted by Crippen LogP contribution is -2.25. The molecule has 0 radical (unpaired) electrons. The van der Waals surface area contributed by atoms with Crippen molar-refractivity contribution in [3.8, 4) is 0 Å². The van der Waals surface area contributed by atoms with Gasteiger partial charge in [0, 0.05) is 0 Å². The zero-order chi connectivity index (χ0) is 11.3. The molecule has 15 heavy (non-hydrogen) atoms. The average Bonchev–Trinajstić information content (AvgIpc) is 2.22. The van der Waals surface area contributed by atoms with Crippen molar-refractivity contribution in [2.45, 2.75) is 0 Å². The average molecular weight is 278 g/mol. The van der Waals surface area contributed by atoms with Gasteiger partial charge in [-0.2, -0.15) is 0 Å². The second-order valence-corrected chi connectivity index (χ2v) is 3.40. The lowest BCUT2D eigenvalue weighted by molar-refractivity contribution is 0.0167. The summed E-state index contributed by atoms with van der Waals surface area (Å²) in [5.41, 5.74) is 2.20. The Kier molecular flexibility index (Phi) is 4.67. The van der Waals surface area contributed by atoms with E-state index in [0.29, 0.717) is 0 Å². The molecule has 0 aliphatic heterocycles. The molecule has 0 fully saturated rings. The minimum absolute atomic E-state index is 0.0152. The lowest BCUT2D eigenvalue weighted by Gasteiger charge is -2.06. The molecule has 1 rings (SSSR count). The first-order valence-corrected chi connectivity index (χ1v) is 4.93. The number of rotatable bonds is 4. The van der Waals surface area contributed by atoms with Crippen molar-refractivity contribution in [1.82, 2.24) is 5.48 Å².